The minimum absolute atomic E-state index is 0.000319. The topological polar surface area (TPSA) is 84.9 Å². The molecule has 0 unspecified atom stereocenters. The van der Waals surface area contributed by atoms with Crippen molar-refractivity contribution in [3.05, 3.63) is 83.4 Å². The van der Waals surface area contributed by atoms with Crippen molar-refractivity contribution in [1.82, 2.24) is 0 Å². The minimum Gasteiger partial charge on any atom is -0.478 e. The van der Waals surface area contributed by atoms with Crippen LogP contribution in [0.3, 0.4) is 0 Å². The van der Waals surface area contributed by atoms with Gasteiger partial charge in [0.15, 0.2) is 11.5 Å². The lowest BCUT2D eigenvalue weighted by molar-refractivity contribution is 0.0696. The van der Waals surface area contributed by atoms with Crippen LogP contribution in [0.25, 0.3) is 16.7 Å². The summed E-state index contributed by atoms with van der Waals surface area (Å²) < 4.78 is 10.7. The highest BCUT2D eigenvalue weighted by Gasteiger charge is 2.28. The van der Waals surface area contributed by atoms with Gasteiger partial charge < -0.3 is 19.9 Å². The molecule has 0 spiro atoms. The van der Waals surface area contributed by atoms with Crippen LogP contribution in [-0.4, -0.2) is 23.8 Å². The standard InChI is InChI=1S/C23H15NO5/c1-12-14-5-2-3-6-15(14)16-7-4-8-17(20(12)16)22(25)24-18-9-13(23(26)27)10-19-21(18)29-11-28-19/h2-10H,1,11H2,(H,24,25)(H,26,27). The molecule has 0 aromatic heterocycles. The zero-order chi connectivity index (χ0) is 20.1. The molecule has 0 saturated heterocycles. The van der Waals surface area contributed by atoms with Crippen molar-refractivity contribution in [3.8, 4) is 22.6 Å². The number of hydrogen-bond donors (Lipinski definition) is 2. The molecule has 1 heterocycles. The molecular weight excluding hydrogens is 370 g/mol. The Hall–Kier alpha value is -4.06. The van der Waals surface area contributed by atoms with E-state index < -0.39 is 5.97 Å². The second-order valence-corrected chi connectivity index (χ2v) is 6.77. The second kappa shape index (κ2) is 6.24. The third-order valence-electron chi connectivity index (χ3n) is 5.12. The van der Waals surface area contributed by atoms with E-state index in [1.54, 1.807) is 6.07 Å². The van der Waals surface area contributed by atoms with Gasteiger partial charge in [0.2, 0.25) is 6.79 Å². The number of ether oxygens (including phenoxy) is 2. The highest BCUT2D eigenvalue weighted by atomic mass is 16.7. The monoisotopic (exact) mass is 385 g/mol. The highest BCUT2D eigenvalue weighted by Crippen LogP contribution is 2.45. The Morgan fingerprint density at radius 1 is 0.966 bits per heavy atom. The summed E-state index contributed by atoms with van der Waals surface area (Å²) in [6, 6.07) is 16.1. The van der Waals surface area contributed by atoms with Gasteiger partial charge in [-0.1, -0.05) is 43.0 Å². The maximum Gasteiger partial charge on any atom is 0.335 e. The lowest BCUT2D eigenvalue weighted by atomic mass is 9.98. The second-order valence-electron chi connectivity index (χ2n) is 6.77. The summed E-state index contributed by atoms with van der Waals surface area (Å²) in [7, 11) is 0. The number of rotatable bonds is 3. The van der Waals surface area contributed by atoms with Gasteiger partial charge in [0.1, 0.15) is 0 Å². The van der Waals surface area contributed by atoms with Crippen molar-refractivity contribution in [3.63, 3.8) is 0 Å². The molecule has 5 rings (SSSR count). The van der Waals surface area contributed by atoms with Gasteiger partial charge in [-0.05, 0) is 40.5 Å². The maximum absolute atomic E-state index is 13.2. The van der Waals surface area contributed by atoms with Gasteiger partial charge in [-0.25, -0.2) is 4.79 Å². The maximum atomic E-state index is 13.2. The Morgan fingerprint density at radius 3 is 2.52 bits per heavy atom. The number of carboxylic acid groups (broad SMARTS) is 1. The minimum atomic E-state index is -1.12. The number of aromatic carboxylic acids is 1. The molecule has 2 aliphatic rings. The molecule has 0 atom stereocenters. The number of carbonyl (C=O) groups is 2. The Labute approximate surface area is 166 Å². The fourth-order valence-electron chi connectivity index (χ4n) is 3.82. The number of anilines is 1. The third-order valence-corrected chi connectivity index (χ3v) is 5.12. The first kappa shape index (κ1) is 17.1. The van der Waals surface area contributed by atoms with Gasteiger partial charge in [-0.2, -0.15) is 0 Å². The largest absolute Gasteiger partial charge is 0.478 e. The Morgan fingerprint density at radius 2 is 1.72 bits per heavy atom. The molecule has 0 saturated carbocycles. The molecule has 0 bridgehead atoms. The number of hydrogen-bond acceptors (Lipinski definition) is 4. The average Bonchev–Trinajstić information content (AvgIpc) is 3.31. The molecule has 0 radical (unpaired) electrons. The third kappa shape index (κ3) is 2.57. The van der Waals surface area contributed by atoms with E-state index in [1.807, 2.05) is 36.4 Å². The number of fused-ring (bicyclic) bond motifs is 4. The first-order valence-corrected chi connectivity index (χ1v) is 8.95. The van der Waals surface area contributed by atoms with Crippen molar-refractivity contribution < 1.29 is 24.2 Å². The molecule has 2 N–H and O–H groups in total. The summed E-state index contributed by atoms with van der Waals surface area (Å²) in [5, 5.41) is 12.1. The highest BCUT2D eigenvalue weighted by molar-refractivity contribution is 6.14. The van der Waals surface area contributed by atoms with E-state index >= 15 is 0 Å². The van der Waals surface area contributed by atoms with Gasteiger partial charge in [0.25, 0.3) is 5.91 Å². The average molecular weight is 385 g/mol. The van der Waals surface area contributed by atoms with Crippen molar-refractivity contribution >= 4 is 23.1 Å². The van der Waals surface area contributed by atoms with Crippen LogP contribution in [0.5, 0.6) is 11.5 Å². The Bertz CT molecular complexity index is 1230. The van der Waals surface area contributed by atoms with Crippen LogP contribution in [0, 0.1) is 0 Å². The van der Waals surface area contributed by atoms with E-state index in [2.05, 4.69) is 11.9 Å². The summed E-state index contributed by atoms with van der Waals surface area (Å²) in [4.78, 5) is 24.6. The van der Waals surface area contributed by atoms with Crippen LogP contribution in [0.2, 0.25) is 0 Å². The molecule has 1 aliphatic carbocycles. The van der Waals surface area contributed by atoms with E-state index in [0.717, 1.165) is 27.8 Å². The molecule has 1 aliphatic heterocycles. The van der Waals surface area contributed by atoms with Crippen LogP contribution < -0.4 is 14.8 Å². The predicted octanol–water partition coefficient (Wildman–Crippen LogP) is 4.41. The van der Waals surface area contributed by atoms with E-state index in [4.69, 9.17) is 9.47 Å². The van der Waals surface area contributed by atoms with Crippen LogP contribution in [0.15, 0.2) is 61.2 Å². The van der Waals surface area contributed by atoms with Crippen LogP contribution in [0.4, 0.5) is 5.69 Å². The first-order chi connectivity index (χ1) is 14.0. The van der Waals surface area contributed by atoms with Crippen molar-refractivity contribution in [1.29, 1.82) is 0 Å². The smallest absolute Gasteiger partial charge is 0.335 e. The first-order valence-electron chi connectivity index (χ1n) is 8.95. The molecule has 29 heavy (non-hydrogen) atoms. The fourth-order valence-corrected chi connectivity index (χ4v) is 3.82. The number of benzene rings is 3. The summed E-state index contributed by atoms with van der Waals surface area (Å²) >= 11 is 0. The van der Waals surface area contributed by atoms with E-state index in [-0.39, 0.29) is 29.7 Å². The number of carbonyl (C=O) groups excluding carboxylic acids is 1. The molecular formula is C23H15NO5. The molecule has 6 nitrogen and oxygen atoms in total. The van der Waals surface area contributed by atoms with E-state index in [0.29, 0.717) is 11.3 Å². The van der Waals surface area contributed by atoms with Crippen molar-refractivity contribution in [2.24, 2.45) is 0 Å². The van der Waals surface area contributed by atoms with Crippen molar-refractivity contribution in [2.45, 2.75) is 0 Å². The molecule has 142 valence electrons. The van der Waals surface area contributed by atoms with Crippen molar-refractivity contribution in [2.75, 3.05) is 12.1 Å². The molecule has 3 aromatic rings. The molecule has 3 aromatic carbocycles. The van der Waals surface area contributed by atoms with Crippen LogP contribution in [0.1, 0.15) is 31.8 Å². The molecule has 0 fully saturated rings. The Balaban J connectivity index is 1.57. The molecule has 1 amide bonds. The lowest BCUT2D eigenvalue weighted by Gasteiger charge is -2.12. The predicted molar refractivity (Wildman–Crippen MR) is 107 cm³/mol. The SMILES string of the molecule is C=C1c2ccccc2-c2cccc(C(=O)Nc3cc(C(=O)O)cc4c3OCO4)c21. The van der Waals surface area contributed by atoms with Crippen LogP contribution in [-0.2, 0) is 0 Å². The summed E-state index contributed by atoms with van der Waals surface area (Å²) in [5.41, 5.74) is 5.24. The summed E-state index contributed by atoms with van der Waals surface area (Å²) in [5.74, 6) is -0.896. The van der Waals surface area contributed by atoms with Gasteiger partial charge in [0.05, 0.1) is 11.3 Å². The van der Waals surface area contributed by atoms with Gasteiger partial charge >= 0.3 is 5.97 Å². The normalized spacial score (nSPS) is 13.0. The fraction of sp³-hybridized carbons (Fsp3) is 0.0435. The Kier molecular flexibility index (Phi) is 3.67. The zero-order valence-corrected chi connectivity index (χ0v) is 15.2. The van der Waals surface area contributed by atoms with Gasteiger partial charge in [-0.3, -0.25) is 4.79 Å². The molecule has 6 heteroatoms. The zero-order valence-electron chi connectivity index (χ0n) is 15.2. The van der Waals surface area contributed by atoms with Gasteiger partial charge in [0, 0.05) is 11.1 Å². The summed E-state index contributed by atoms with van der Waals surface area (Å²) in [6.07, 6.45) is 0. The quantitative estimate of drug-likeness (QED) is 0.546. The number of carboxylic acids is 1. The summed E-state index contributed by atoms with van der Waals surface area (Å²) in [6.45, 7) is 4.15. The van der Waals surface area contributed by atoms with Gasteiger partial charge in [-0.15, -0.1) is 0 Å². The van der Waals surface area contributed by atoms with Crippen LogP contribution >= 0.6 is 0 Å². The number of amides is 1. The van der Waals surface area contributed by atoms with E-state index in [1.165, 1.54) is 12.1 Å². The van der Waals surface area contributed by atoms with E-state index in [9.17, 15) is 14.7 Å². The lowest BCUT2D eigenvalue weighted by Crippen LogP contribution is -2.15. The number of nitrogens with one attached hydrogen (secondary N) is 1.